The fraction of sp³-hybridized carbons (Fsp3) is 0.533. The molecule has 0 amide bonds. The van der Waals surface area contributed by atoms with E-state index in [1.165, 1.54) is 32.6 Å². The van der Waals surface area contributed by atoms with Crippen molar-refractivity contribution >= 4 is 5.78 Å². The Morgan fingerprint density at radius 3 is 2.53 bits per heavy atom. The highest BCUT2D eigenvalue weighted by Gasteiger charge is 2.06. The van der Waals surface area contributed by atoms with Crippen molar-refractivity contribution in [3.05, 3.63) is 29.3 Å². The van der Waals surface area contributed by atoms with Crippen molar-refractivity contribution in [1.82, 2.24) is 0 Å². The van der Waals surface area contributed by atoms with E-state index >= 15 is 0 Å². The molecular formula is C15H22O2. The Kier molecular flexibility index (Phi) is 5.75. The zero-order valence-electron chi connectivity index (χ0n) is 10.8. The number of hydrogen-bond donors (Lipinski definition) is 1. The molecule has 0 atom stereocenters. The smallest absolute Gasteiger partial charge is 0.163 e. The van der Waals surface area contributed by atoms with E-state index in [0.717, 1.165) is 18.4 Å². The zero-order chi connectivity index (χ0) is 12.7. The first-order chi connectivity index (χ1) is 8.15. The number of ketones is 1. The van der Waals surface area contributed by atoms with Crippen LogP contribution in [-0.4, -0.2) is 10.9 Å². The van der Waals surface area contributed by atoms with Crippen molar-refractivity contribution in [2.75, 3.05) is 0 Å². The number of Topliss-reactive ketones (excluding diaryl/α,β-unsaturated/α-hetero) is 1. The number of benzene rings is 1. The van der Waals surface area contributed by atoms with E-state index in [2.05, 4.69) is 6.92 Å². The van der Waals surface area contributed by atoms with Gasteiger partial charge >= 0.3 is 0 Å². The van der Waals surface area contributed by atoms with Gasteiger partial charge in [-0.25, -0.2) is 0 Å². The molecule has 0 aromatic heterocycles. The molecular weight excluding hydrogens is 212 g/mol. The lowest BCUT2D eigenvalue weighted by Gasteiger charge is -2.05. The standard InChI is InChI=1S/C15H22O2/c1-3-4-5-6-7-8-13-9-10-15(17)14(11-13)12(2)16/h9-11,17H,3-8H2,1-2H3. The van der Waals surface area contributed by atoms with Gasteiger partial charge in [0, 0.05) is 0 Å². The van der Waals surface area contributed by atoms with Crippen LogP contribution in [0.4, 0.5) is 0 Å². The molecule has 0 aliphatic carbocycles. The molecule has 0 heterocycles. The van der Waals surface area contributed by atoms with Crippen molar-refractivity contribution in [3.8, 4) is 5.75 Å². The number of unbranched alkanes of at least 4 members (excludes halogenated alkanes) is 4. The minimum absolute atomic E-state index is 0.0738. The second kappa shape index (κ2) is 7.10. The highest BCUT2D eigenvalue weighted by atomic mass is 16.3. The molecule has 1 aromatic rings. The third kappa shape index (κ3) is 4.59. The van der Waals surface area contributed by atoms with Crippen LogP contribution in [0, 0.1) is 0 Å². The topological polar surface area (TPSA) is 37.3 Å². The van der Waals surface area contributed by atoms with Gasteiger partial charge in [0.15, 0.2) is 5.78 Å². The number of carbonyl (C=O) groups excluding carboxylic acids is 1. The summed E-state index contributed by atoms with van der Waals surface area (Å²) in [5.74, 6) is 0.0163. The van der Waals surface area contributed by atoms with Crippen LogP contribution < -0.4 is 0 Å². The molecule has 0 saturated heterocycles. The Bertz CT molecular complexity index is 369. The molecule has 0 bridgehead atoms. The molecule has 0 unspecified atom stereocenters. The second-order valence-electron chi connectivity index (χ2n) is 4.57. The number of phenolic OH excluding ortho intramolecular Hbond substituents is 1. The zero-order valence-corrected chi connectivity index (χ0v) is 10.8. The Morgan fingerprint density at radius 2 is 1.88 bits per heavy atom. The molecule has 0 spiro atoms. The van der Waals surface area contributed by atoms with E-state index in [1.54, 1.807) is 6.07 Å². The fourth-order valence-corrected chi connectivity index (χ4v) is 1.95. The monoisotopic (exact) mass is 234 g/mol. The number of phenols is 1. The molecule has 1 aromatic carbocycles. The molecule has 2 heteroatoms. The molecule has 2 nitrogen and oxygen atoms in total. The average Bonchev–Trinajstić information content (AvgIpc) is 2.30. The van der Waals surface area contributed by atoms with E-state index in [-0.39, 0.29) is 11.5 Å². The number of rotatable bonds is 7. The summed E-state index contributed by atoms with van der Waals surface area (Å²) in [7, 11) is 0. The largest absolute Gasteiger partial charge is 0.507 e. The summed E-state index contributed by atoms with van der Waals surface area (Å²) in [5.41, 5.74) is 1.58. The molecule has 94 valence electrons. The molecule has 0 fully saturated rings. The molecule has 0 radical (unpaired) electrons. The summed E-state index contributed by atoms with van der Waals surface area (Å²) in [4.78, 5) is 11.3. The molecule has 0 aliphatic rings. The van der Waals surface area contributed by atoms with Gasteiger partial charge in [-0.05, 0) is 37.5 Å². The highest BCUT2D eigenvalue weighted by Crippen LogP contribution is 2.20. The minimum Gasteiger partial charge on any atom is -0.507 e. The van der Waals surface area contributed by atoms with Crippen molar-refractivity contribution < 1.29 is 9.90 Å². The number of hydrogen-bond acceptors (Lipinski definition) is 2. The lowest BCUT2D eigenvalue weighted by molar-refractivity contribution is 0.101. The van der Waals surface area contributed by atoms with Gasteiger partial charge in [-0.1, -0.05) is 38.7 Å². The molecule has 1 rings (SSSR count). The first-order valence-electron chi connectivity index (χ1n) is 6.48. The maximum Gasteiger partial charge on any atom is 0.163 e. The predicted octanol–water partition coefficient (Wildman–Crippen LogP) is 4.11. The SMILES string of the molecule is CCCCCCCc1ccc(O)c(C(C)=O)c1. The third-order valence-electron chi connectivity index (χ3n) is 3.01. The summed E-state index contributed by atoms with van der Waals surface area (Å²) in [6.07, 6.45) is 7.23. The van der Waals surface area contributed by atoms with Crippen LogP contribution in [0.25, 0.3) is 0 Å². The summed E-state index contributed by atoms with van der Waals surface area (Å²) in [6, 6.07) is 5.34. The van der Waals surface area contributed by atoms with Crippen LogP contribution >= 0.6 is 0 Å². The summed E-state index contributed by atoms with van der Waals surface area (Å²) >= 11 is 0. The lowest BCUT2D eigenvalue weighted by atomic mass is 10.0. The van der Waals surface area contributed by atoms with Gasteiger partial charge in [-0.2, -0.15) is 0 Å². The van der Waals surface area contributed by atoms with Crippen LogP contribution in [0.2, 0.25) is 0 Å². The number of aromatic hydroxyl groups is 1. The Morgan fingerprint density at radius 1 is 1.18 bits per heavy atom. The molecule has 17 heavy (non-hydrogen) atoms. The molecule has 0 saturated carbocycles. The van der Waals surface area contributed by atoms with Crippen molar-refractivity contribution in [3.63, 3.8) is 0 Å². The van der Waals surface area contributed by atoms with E-state index in [0.29, 0.717) is 5.56 Å². The average molecular weight is 234 g/mol. The first-order valence-corrected chi connectivity index (χ1v) is 6.48. The van der Waals surface area contributed by atoms with E-state index in [9.17, 15) is 9.90 Å². The summed E-state index contributed by atoms with van der Waals surface area (Å²) < 4.78 is 0. The van der Waals surface area contributed by atoms with Gasteiger partial charge in [-0.15, -0.1) is 0 Å². The third-order valence-corrected chi connectivity index (χ3v) is 3.01. The fourth-order valence-electron chi connectivity index (χ4n) is 1.95. The van der Waals surface area contributed by atoms with Crippen LogP contribution in [0.1, 0.15) is 61.9 Å². The van der Waals surface area contributed by atoms with E-state index < -0.39 is 0 Å². The minimum atomic E-state index is -0.0738. The maximum absolute atomic E-state index is 11.3. The van der Waals surface area contributed by atoms with Crippen LogP contribution in [-0.2, 0) is 6.42 Å². The Labute approximate surface area is 104 Å². The van der Waals surface area contributed by atoms with Gasteiger partial charge in [0.05, 0.1) is 5.56 Å². The number of aryl methyl sites for hydroxylation is 1. The van der Waals surface area contributed by atoms with Crippen molar-refractivity contribution in [2.45, 2.75) is 52.4 Å². The van der Waals surface area contributed by atoms with E-state index in [1.807, 2.05) is 12.1 Å². The molecule has 1 N–H and O–H groups in total. The first kappa shape index (κ1) is 13.8. The Hall–Kier alpha value is -1.31. The van der Waals surface area contributed by atoms with Crippen LogP contribution in [0.5, 0.6) is 5.75 Å². The van der Waals surface area contributed by atoms with Crippen LogP contribution in [0.3, 0.4) is 0 Å². The van der Waals surface area contributed by atoms with Gasteiger partial charge < -0.3 is 5.11 Å². The highest BCUT2D eigenvalue weighted by molar-refractivity contribution is 5.96. The predicted molar refractivity (Wildman–Crippen MR) is 70.6 cm³/mol. The molecule has 0 aliphatic heterocycles. The van der Waals surface area contributed by atoms with Gasteiger partial charge in [0.25, 0.3) is 0 Å². The van der Waals surface area contributed by atoms with Crippen LogP contribution in [0.15, 0.2) is 18.2 Å². The summed E-state index contributed by atoms with van der Waals surface area (Å²) in [5, 5.41) is 9.53. The normalized spacial score (nSPS) is 10.5. The Balaban J connectivity index is 2.49. The lowest BCUT2D eigenvalue weighted by Crippen LogP contribution is -1.95. The van der Waals surface area contributed by atoms with Crippen molar-refractivity contribution in [2.24, 2.45) is 0 Å². The van der Waals surface area contributed by atoms with Crippen molar-refractivity contribution in [1.29, 1.82) is 0 Å². The van der Waals surface area contributed by atoms with E-state index in [4.69, 9.17) is 0 Å². The summed E-state index contributed by atoms with van der Waals surface area (Å²) in [6.45, 7) is 3.69. The van der Waals surface area contributed by atoms with Gasteiger partial charge in [0.1, 0.15) is 5.75 Å². The maximum atomic E-state index is 11.3. The second-order valence-corrected chi connectivity index (χ2v) is 4.57. The quantitative estimate of drug-likeness (QED) is 0.569. The number of carbonyl (C=O) groups is 1. The van der Waals surface area contributed by atoms with Gasteiger partial charge in [0.2, 0.25) is 0 Å². The van der Waals surface area contributed by atoms with Gasteiger partial charge in [-0.3, -0.25) is 4.79 Å².